The van der Waals surface area contributed by atoms with Crippen molar-refractivity contribution >= 4 is 10.9 Å². The Kier molecular flexibility index (Phi) is 2.47. The molecule has 3 nitrogen and oxygen atoms in total. The molecule has 3 rings (SSSR count). The van der Waals surface area contributed by atoms with Crippen LogP contribution < -0.4 is 0 Å². The van der Waals surface area contributed by atoms with Gasteiger partial charge in [-0.2, -0.15) is 0 Å². The van der Waals surface area contributed by atoms with Gasteiger partial charge in [-0.05, 0) is 18.2 Å². The van der Waals surface area contributed by atoms with Crippen LogP contribution in [-0.2, 0) is 0 Å². The van der Waals surface area contributed by atoms with Gasteiger partial charge >= 0.3 is 0 Å². The lowest BCUT2D eigenvalue weighted by molar-refractivity contribution is 1.20. The Hall–Kier alpha value is -2.73. The summed E-state index contributed by atoms with van der Waals surface area (Å²) in [4.78, 5) is 12.7. The summed E-state index contributed by atoms with van der Waals surface area (Å²) in [6.45, 7) is 0. The van der Waals surface area contributed by atoms with Crippen LogP contribution in [0, 0.1) is 18.5 Å². The van der Waals surface area contributed by atoms with Crippen LogP contribution in [0.5, 0.6) is 0 Å². The van der Waals surface area contributed by atoms with Gasteiger partial charge in [-0.15, -0.1) is 6.42 Å². The molecular formula is C15H8N3. The van der Waals surface area contributed by atoms with Crippen LogP contribution in [0.25, 0.3) is 22.3 Å². The molecule has 1 aromatic carbocycles. The van der Waals surface area contributed by atoms with Gasteiger partial charge in [-0.25, -0.2) is 9.97 Å². The summed E-state index contributed by atoms with van der Waals surface area (Å²) in [5.74, 6) is 3.20. The third-order valence-electron chi connectivity index (χ3n) is 2.60. The smallest absolute Gasteiger partial charge is 0.160 e. The Balaban J connectivity index is 2.16. The molecule has 0 amide bonds. The maximum absolute atomic E-state index is 5.38. The minimum atomic E-state index is 0.604. The van der Waals surface area contributed by atoms with Crippen LogP contribution in [0.3, 0.4) is 0 Å². The summed E-state index contributed by atoms with van der Waals surface area (Å²) in [6, 6.07) is 9.39. The molecule has 0 fully saturated rings. The topological polar surface area (TPSA) is 38.7 Å². The van der Waals surface area contributed by atoms with Crippen molar-refractivity contribution in [1.82, 2.24) is 15.0 Å². The first kappa shape index (κ1) is 10.4. The summed E-state index contributed by atoms with van der Waals surface area (Å²) in [5.41, 5.74) is 2.46. The fourth-order valence-electron chi connectivity index (χ4n) is 1.70. The summed E-state index contributed by atoms with van der Waals surface area (Å²) in [6.07, 6.45) is 11.7. The second kappa shape index (κ2) is 4.27. The molecule has 0 N–H and O–H groups in total. The molecule has 18 heavy (non-hydrogen) atoms. The standard InChI is InChI=1S/C15H8N3/c1-2-11-4-3-5-12(8-11)15-17-9-13-6-7-16-10-14(13)18-15/h1,3-8,10H. The third kappa shape index (κ3) is 1.80. The molecule has 1 radical (unpaired) electrons. The fourth-order valence-corrected chi connectivity index (χ4v) is 1.70. The van der Waals surface area contributed by atoms with Gasteiger partial charge in [-0.3, -0.25) is 4.98 Å². The van der Waals surface area contributed by atoms with Crippen LogP contribution >= 0.6 is 0 Å². The van der Waals surface area contributed by atoms with Gasteiger partial charge in [0, 0.05) is 22.7 Å². The molecule has 0 unspecified atom stereocenters. The highest BCUT2D eigenvalue weighted by atomic mass is 14.9. The minimum absolute atomic E-state index is 0.604. The van der Waals surface area contributed by atoms with Crippen LogP contribution in [0.4, 0.5) is 0 Å². The number of nitrogens with zero attached hydrogens (tertiary/aromatic N) is 3. The van der Waals surface area contributed by atoms with Gasteiger partial charge in [-0.1, -0.05) is 18.1 Å². The maximum atomic E-state index is 5.38. The molecule has 2 heterocycles. The van der Waals surface area contributed by atoms with E-state index in [2.05, 4.69) is 27.1 Å². The molecule has 0 atom stereocenters. The molecule has 0 saturated carbocycles. The number of hydrogen-bond donors (Lipinski definition) is 0. The van der Waals surface area contributed by atoms with Crippen molar-refractivity contribution in [1.29, 1.82) is 0 Å². The summed E-state index contributed by atoms with van der Waals surface area (Å²) < 4.78 is 0. The van der Waals surface area contributed by atoms with E-state index in [0.29, 0.717) is 5.82 Å². The van der Waals surface area contributed by atoms with Crippen molar-refractivity contribution < 1.29 is 0 Å². The Morgan fingerprint density at radius 2 is 2.17 bits per heavy atom. The van der Waals surface area contributed by atoms with Crippen molar-refractivity contribution in [2.75, 3.05) is 0 Å². The van der Waals surface area contributed by atoms with E-state index in [0.717, 1.165) is 22.0 Å². The number of benzene rings is 1. The highest BCUT2D eigenvalue weighted by molar-refractivity contribution is 5.77. The van der Waals surface area contributed by atoms with Crippen molar-refractivity contribution in [2.45, 2.75) is 0 Å². The number of hydrogen-bond acceptors (Lipinski definition) is 3. The highest BCUT2D eigenvalue weighted by Crippen LogP contribution is 2.18. The lowest BCUT2D eigenvalue weighted by atomic mass is 10.1. The van der Waals surface area contributed by atoms with E-state index in [1.165, 1.54) is 0 Å². The second-order valence-electron chi connectivity index (χ2n) is 3.78. The number of fused-ring (bicyclic) bond motifs is 1. The van der Waals surface area contributed by atoms with E-state index in [-0.39, 0.29) is 0 Å². The number of rotatable bonds is 1. The molecule has 3 heteroatoms. The SMILES string of the molecule is C#Cc1cccc(-c2n[c]c3ccncc3n2)c1. The normalized spacial score (nSPS) is 10.2. The van der Waals surface area contributed by atoms with Crippen LogP contribution in [-0.4, -0.2) is 15.0 Å². The van der Waals surface area contributed by atoms with Crippen LogP contribution in [0.2, 0.25) is 0 Å². The Morgan fingerprint density at radius 3 is 3.06 bits per heavy atom. The first-order valence-electron chi connectivity index (χ1n) is 5.43. The van der Waals surface area contributed by atoms with Gasteiger partial charge in [0.2, 0.25) is 0 Å². The molecule has 0 aliphatic carbocycles. The van der Waals surface area contributed by atoms with Crippen LogP contribution in [0.15, 0.2) is 42.7 Å². The Labute approximate surface area is 105 Å². The van der Waals surface area contributed by atoms with E-state index in [9.17, 15) is 0 Å². The van der Waals surface area contributed by atoms with Crippen LogP contribution in [0.1, 0.15) is 5.56 Å². The predicted octanol–water partition coefficient (Wildman–Crippen LogP) is 2.47. The maximum Gasteiger partial charge on any atom is 0.160 e. The van der Waals surface area contributed by atoms with Gasteiger partial charge in [0.25, 0.3) is 0 Å². The molecule has 2 aromatic heterocycles. The number of terminal acetylenes is 1. The number of pyridine rings is 1. The first-order valence-corrected chi connectivity index (χ1v) is 5.43. The minimum Gasteiger partial charge on any atom is -0.262 e. The zero-order valence-corrected chi connectivity index (χ0v) is 9.46. The zero-order chi connectivity index (χ0) is 12.4. The number of aromatic nitrogens is 3. The van der Waals surface area contributed by atoms with E-state index >= 15 is 0 Å². The molecular weight excluding hydrogens is 222 g/mol. The lowest BCUT2D eigenvalue weighted by Gasteiger charge is -2.02. The van der Waals surface area contributed by atoms with Gasteiger partial charge in [0.1, 0.15) is 6.20 Å². The third-order valence-corrected chi connectivity index (χ3v) is 2.60. The van der Waals surface area contributed by atoms with Crippen molar-refractivity contribution in [2.24, 2.45) is 0 Å². The largest absolute Gasteiger partial charge is 0.262 e. The first-order chi connectivity index (χ1) is 8.86. The molecule has 0 aliphatic rings. The molecule has 3 aromatic rings. The summed E-state index contributed by atoms with van der Waals surface area (Å²) >= 11 is 0. The monoisotopic (exact) mass is 230 g/mol. The quantitative estimate of drug-likeness (QED) is 0.603. The van der Waals surface area contributed by atoms with E-state index < -0.39 is 0 Å². The van der Waals surface area contributed by atoms with Crippen molar-refractivity contribution in [3.8, 4) is 23.7 Å². The zero-order valence-electron chi connectivity index (χ0n) is 9.46. The molecule has 83 valence electrons. The average Bonchev–Trinajstić information content (AvgIpc) is 2.47. The summed E-state index contributed by atoms with van der Waals surface area (Å²) in [7, 11) is 0. The van der Waals surface area contributed by atoms with E-state index in [1.54, 1.807) is 12.4 Å². The molecule has 0 bridgehead atoms. The lowest BCUT2D eigenvalue weighted by Crippen LogP contribution is -1.91. The van der Waals surface area contributed by atoms with Gasteiger partial charge in [0.15, 0.2) is 5.82 Å². The van der Waals surface area contributed by atoms with Crippen molar-refractivity contribution in [3.05, 3.63) is 54.5 Å². The van der Waals surface area contributed by atoms with E-state index in [4.69, 9.17) is 6.42 Å². The highest BCUT2D eigenvalue weighted by Gasteiger charge is 2.03. The summed E-state index contributed by atoms with van der Waals surface area (Å²) in [5, 5.41) is 0.849. The molecule has 0 aliphatic heterocycles. The fraction of sp³-hybridized carbons (Fsp3) is 0. The second-order valence-corrected chi connectivity index (χ2v) is 3.78. The van der Waals surface area contributed by atoms with Crippen molar-refractivity contribution in [3.63, 3.8) is 0 Å². The van der Waals surface area contributed by atoms with E-state index in [1.807, 2.05) is 30.3 Å². The Morgan fingerprint density at radius 1 is 1.22 bits per heavy atom. The predicted molar refractivity (Wildman–Crippen MR) is 69.5 cm³/mol. The molecule has 0 saturated heterocycles. The van der Waals surface area contributed by atoms with Gasteiger partial charge < -0.3 is 0 Å². The van der Waals surface area contributed by atoms with Gasteiger partial charge in [0.05, 0.1) is 11.7 Å². The molecule has 0 spiro atoms. The average molecular weight is 230 g/mol. The Bertz CT molecular complexity index is 757.